The first-order valence-electron chi connectivity index (χ1n) is 5.24. The molecule has 0 aromatic heterocycles. The van der Waals surface area contributed by atoms with E-state index < -0.39 is 0 Å². The molecule has 4 heteroatoms. The van der Waals surface area contributed by atoms with Crippen LogP contribution in [0.1, 0.15) is 5.56 Å². The molecule has 2 aromatic carbocycles. The van der Waals surface area contributed by atoms with Gasteiger partial charge in [-0.25, -0.2) is 4.39 Å². The van der Waals surface area contributed by atoms with Gasteiger partial charge in [-0.15, -0.1) is 0 Å². The number of nitrogen functional groups attached to an aromatic ring is 2. The minimum absolute atomic E-state index is 0.215. The molecule has 0 saturated heterocycles. The van der Waals surface area contributed by atoms with Crippen molar-refractivity contribution in [3.05, 3.63) is 47.8 Å². The van der Waals surface area contributed by atoms with Gasteiger partial charge in [0.15, 0.2) is 0 Å². The molecule has 0 heterocycles. The second-order valence-electron chi connectivity index (χ2n) is 3.93. The highest BCUT2D eigenvalue weighted by atomic mass is 19.1. The average molecular weight is 231 g/mol. The summed E-state index contributed by atoms with van der Waals surface area (Å²) in [5.41, 5.74) is 14.6. The van der Waals surface area contributed by atoms with Crippen molar-refractivity contribution in [2.45, 2.75) is 6.92 Å². The van der Waals surface area contributed by atoms with Gasteiger partial charge in [0.1, 0.15) is 5.82 Å². The monoisotopic (exact) mass is 231 g/mol. The fraction of sp³-hybridized carbons (Fsp3) is 0.0769. The van der Waals surface area contributed by atoms with Gasteiger partial charge in [-0.3, -0.25) is 0 Å². The van der Waals surface area contributed by atoms with Crippen LogP contribution in [-0.2, 0) is 0 Å². The summed E-state index contributed by atoms with van der Waals surface area (Å²) in [4.78, 5) is 0. The van der Waals surface area contributed by atoms with Crippen molar-refractivity contribution in [1.29, 1.82) is 0 Å². The van der Waals surface area contributed by atoms with Gasteiger partial charge < -0.3 is 16.8 Å². The zero-order valence-corrected chi connectivity index (χ0v) is 9.50. The Morgan fingerprint density at radius 3 is 2.24 bits per heavy atom. The molecule has 0 aliphatic heterocycles. The highest BCUT2D eigenvalue weighted by molar-refractivity contribution is 5.72. The van der Waals surface area contributed by atoms with Gasteiger partial charge in [-0.2, -0.15) is 0 Å². The van der Waals surface area contributed by atoms with Crippen LogP contribution in [0, 0.1) is 12.7 Å². The lowest BCUT2D eigenvalue weighted by atomic mass is 10.2. The van der Waals surface area contributed by atoms with Crippen molar-refractivity contribution in [2.24, 2.45) is 0 Å². The molecule has 5 N–H and O–H groups in total. The van der Waals surface area contributed by atoms with E-state index in [1.165, 1.54) is 6.07 Å². The van der Waals surface area contributed by atoms with E-state index in [4.69, 9.17) is 11.5 Å². The molecule has 0 atom stereocenters. The van der Waals surface area contributed by atoms with Crippen LogP contribution in [0.25, 0.3) is 0 Å². The number of halogens is 1. The van der Waals surface area contributed by atoms with Crippen LogP contribution in [0.15, 0.2) is 36.4 Å². The number of hydrogen-bond acceptors (Lipinski definition) is 3. The van der Waals surface area contributed by atoms with E-state index in [-0.39, 0.29) is 5.82 Å². The Labute approximate surface area is 99.2 Å². The Morgan fingerprint density at radius 2 is 1.59 bits per heavy atom. The maximum absolute atomic E-state index is 13.1. The molecule has 0 spiro atoms. The molecular formula is C13H14FN3. The molecule has 3 nitrogen and oxygen atoms in total. The van der Waals surface area contributed by atoms with Gasteiger partial charge in [0.05, 0.1) is 11.4 Å². The van der Waals surface area contributed by atoms with Gasteiger partial charge >= 0.3 is 0 Å². The first-order valence-corrected chi connectivity index (χ1v) is 5.24. The number of benzene rings is 2. The summed E-state index contributed by atoms with van der Waals surface area (Å²) in [7, 11) is 0. The van der Waals surface area contributed by atoms with Crippen molar-refractivity contribution >= 4 is 22.7 Å². The summed E-state index contributed by atoms with van der Waals surface area (Å²) in [6, 6.07) is 10.1. The fourth-order valence-corrected chi connectivity index (χ4v) is 1.54. The van der Waals surface area contributed by atoms with Crippen LogP contribution < -0.4 is 16.8 Å². The zero-order valence-electron chi connectivity index (χ0n) is 9.50. The molecule has 0 saturated carbocycles. The van der Waals surface area contributed by atoms with Crippen molar-refractivity contribution in [1.82, 2.24) is 0 Å². The molecule has 0 aliphatic rings. The molecule has 2 rings (SSSR count). The normalized spacial score (nSPS) is 10.2. The Hall–Kier alpha value is -2.23. The summed E-state index contributed by atoms with van der Waals surface area (Å²) in [6.07, 6.45) is 0. The van der Waals surface area contributed by atoms with Crippen LogP contribution in [0.3, 0.4) is 0 Å². The Morgan fingerprint density at radius 1 is 0.941 bits per heavy atom. The van der Waals surface area contributed by atoms with E-state index in [0.717, 1.165) is 11.4 Å². The number of aryl methyl sites for hydroxylation is 1. The van der Waals surface area contributed by atoms with Crippen LogP contribution in [-0.4, -0.2) is 0 Å². The Bertz CT molecular complexity index is 503. The molecular weight excluding hydrogens is 217 g/mol. The summed E-state index contributed by atoms with van der Waals surface area (Å²) in [6.45, 7) is 1.72. The van der Waals surface area contributed by atoms with Crippen LogP contribution in [0.5, 0.6) is 0 Å². The van der Waals surface area contributed by atoms with E-state index >= 15 is 0 Å². The SMILES string of the molecule is Cc1cc(Nc2ccc(N)c(N)c2)ccc1F. The second kappa shape index (κ2) is 4.33. The highest BCUT2D eigenvalue weighted by Crippen LogP contribution is 2.23. The summed E-state index contributed by atoms with van der Waals surface area (Å²) in [5.74, 6) is -0.215. The molecule has 0 aliphatic carbocycles. The molecule has 0 unspecified atom stereocenters. The second-order valence-corrected chi connectivity index (χ2v) is 3.93. The van der Waals surface area contributed by atoms with E-state index in [9.17, 15) is 4.39 Å². The number of nitrogens with one attached hydrogen (secondary N) is 1. The zero-order chi connectivity index (χ0) is 12.4. The molecule has 17 heavy (non-hydrogen) atoms. The average Bonchev–Trinajstić information content (AvgIpc) is 2.29. The number of nitrogens with two attached hydrogens (primary N) is 2. The standard InChI is InChI=1S/C13H14FN3/c1-8-6-9(2-4-11(8)14)17-10-3-5-12(15)13(16)7-10/h2-7,17H,15-16H2,1H3. The minimum atomic E-state index is -0.215. The molecule has 0 bridgehead atoms. The lowest BCUT2D eigenvalue weighted by Crippen LogP contribution is -1.97. The van der Waals surface area contributed by atoms with Gasteiger partial charge in [-0.05, 0) is 48.9 Å². The first kappa shape index (κ1) is 11.3. The van der Waals surface area contributed by atoms with Crippen molar-refractivity contribution in [3.8, 4) is 0 Å². The molecule has 0 fully saturated rings. The predicted octanol–water partition coefficient (Wildman–Crippen LogP) is 3.04. The Balaban J connectivity index is 2.25. The largest absolute Gasteiger partial charge is 0.397 e. The Kier molecular flexibility index (Phi) is 2.87. The molecule has 88 valence electrons. The van der Waals surface area contributed by atoms with Crippen LogP contribution in [0.2, 0.25) is 0 Å². The first-order chi connectivity index (χ1) is 8.06. The molecule has 2 aromatic rings. The number of rotatable bonds is 2. The fourth-order valence-electron chi connectivity index (χ4n) is 1.54. The van der Waals surface area contributed by atoms with E-state index in [1.807, 2.05) is 6.07 Å². The van der Waals surface area contributed by atoms with Gasteiger partial charge in [0, 0.05) is 11.4 Å². The van der Waals surface area contributed by atoms with Gasteiger partial charge in [0.2, 0.25) is 0 Å². The van der Waals surface area contributed by atoms with E-state index in [2.05, 4.69) is 5.32 Å². The summed E-state index contributed by atoms with van der Waals surface area (Å²) in [5, 5.41) is 3.14. The molecule has 0 amide bonds. The van der Waals surface area contributed by atoms with Gasteiger partial charge in [0.25, 0.3) is 0 Å². The maximum Gasteiger partial charge on any atom is 0.126 e. The highest BCUT2D eigenvalue weighted by Gasteiger charge is 2.01. The van der Waals surface area contributed by atoms with E-state index in [0.29, 0.717) is 16.9 Å². The third-order valence-corrected chi connectivity index (χ3v) is 2.53. The van der Waals surface area contributed by atoms with Crippen molar-refractivity contribution in [3.63, 3.8) is 0 Å². The smallest absolute Gasteiger partial charge is 0.126 e. The summed E-state index contributed by atoms with van der Waals surface area (Å²) < 4.78 is 13.1. The lowest BCUT2D eigenvalue weighted by molar-refractivity contribution is 0.619. The maximum atomic E-state index is 13.1. The molecule has 0 radical (unpaired) electrons. The summed E-state index contributed by atoms with van der Waals surface area (Å²) >= 11 is 0. The number of hydrogen-bond donors (Lipinski definition) is 3. The van der Waals surface area contributed by atoms with Crippen LogP contribution in [0.4, 0.5) is 27.1 Å². The minimum Gasteiger partial charge on any atom is -0.397 e. The topological polar surface area (TPSA) is 64.1 Å². The van der Waals surface area contributed by atoms with Gasteiger partial charge in [-0.1, -0.05) is 0 Å². The quantitative estimate of drug-likeness (QED) is 0.696. The predicted molar refractivity (Wildman–Crippen MR) is 69.7 cm³/mol. The lowest BCUT2D eigenvalue weighted by Gasteiger charge is -2.09. The van der Waals surface area contributed by atoms with E-state index in [1.54, 1.807) is 31.2 Å². The van der Waals surface area contributed by atoms with Crippen molar-refractivity contribution < 1.29 is 4.39 Å². The van der Waals surface area contributed by atoms with Crippen molar-refractivity contribution in [2.75, 3.05) is 16.8 Å². The van der Waals surface area contributed by atoms with Crippen LogP contribution >= 0.6 is 0 Å². The third-order valence-electron chi connectivity index (χ3n) is 2.53. The third kappa shape index (κ3) is 2.47. The number of anilines is 4.